The molecule has 0 aliphatic heterocycles. The Bertz CT molecular complexity index is 558. The standard InChI is InChI=1S/C16H22N2S2/c1-2-11-6-7-12(20-11)10-15(18-17)13-4-3-5-16-14(13)8-9-19-16/h6-9,13,15,18H,2-5,10,17H2,1H3. The first kappa shape index (κ1) is 14.3. The molecular formula is C16H22N2S2. The van der Waals surface area contributed by atoms with Gasteiger partial charge in [-0.2, -0.15) is 0 Å². The van der Waals surface area contributed by atoms with Gasteiger partial charge in [-0.3, -0.25) is 11.3 Å². The molecular weight excluding hydrogens is 284 g/mol. The molecule has 0 saturated carbocycles. The summed E-state index contributed by atoms with van der Waals surface area (Å²) in [5.41, 5.74) is 4.63. The zero-order valence-electron chi connectivity index (χ0n) is 11.9. The lowest BCUT2D eigenvalue weighted by Gasteiger charge is -2.30. The van der Waals surface area contributed by atoms with Crippen molar-refractivity contribution >= 4 is 22.7 Å². The minimum absolute atomic E-state index is 0.354. The molecule has 2 unspecified atom stereocenters. The van der Waals surface area contributed by atoms with Crippen molar-refractivity contribution in [3.05, 3.63) is 43.8 Å². The summed E-state index contributed by atoms with van der Waals surface area (Å²) in [6.07, 6.45) is 5.97. The summed E-state index contributed by atoms with van der Waals surface area (Å²) in [7, 11) is 0. The van der Waals surface area contributed by atoms with E-state index in [0.717, 1.165) is 12.8 Å². The lowest BCUT2D eigenvalue weighted by Crippen LogP contribution is -2.42. The number of fused-ring (bicyclic) bond motifs is 1. The van der Waals surface area contributed by atoms with Gasteiger partial charge in [0.25, 0.3) is 0 Å². The number of aryl methyl sites for hydroxylation is 2. The SMILES string of the molecule is CCc1ccc(CC(NN)C2CCCc3sccc32)s1. The molecule has 2 aromatic rings. The zero-order chi connectivity index (χ0) is 13.9. The molecule has 0 spiro atoms. The monoisotopic (exact) mass is 306 g/mol. The zero-order valence-corrected chi connectivity index (χ0v) is 13.5. The number of nitrogens with two attached hydrogens (primary N) is 1. The molecule has 1 aliphatic rings. The fourth-order valence-electron chi connectivity index (χ4n) is 3.20. The van der Waals surface area contributed by atoms with Crippen LogP contribution in [0, 0.1) is 0 Å². The second-order valence-electron chi connectivity index (χ2n) is 5.50. The van der Waals surface area contributed by atoms with E-state index in [2.05, 4.69) is 35.9 Å². The average Bonchev–Trinajstić information content (AvgIpc) is 3.13. The number of hydrazine groups is 1. The molecule has 0 fully saturated rings. The van der Waals surface area contributed by atoms with Crippen molar-refractivity contribution in [1.29, 1.82) is 0 Å². The third-order valence-corrected chi connectivity index (χ3v) is 6.53. The molecule has 4 heteroatoms. The predicted octanol–water partition coefficient (Wildman–Crippen LogP) is 3.87. The Labute approximate surface area is 129 Å². The Balaban J connectivity index is 1.77. The van der Waals surface area contributed by atoms with Crippen LogP contribution in [0.25, 0.3) is 0 Å². The van der Waals surface area contributed by atoms with Gasteiger partial charge in [0.2, 0.25) is 0 Å². The highest BCUT2D eigenvalue weighted by molar-refractivity contribution is 7.12. The van der Waals surface area contributed by atoms with Gasteiger partial charge in [0.1, 0.15) is 0 Å². The smallest absolute Gasteiger partial charge is 0.0327 e. The Hall–Kier alpha value is -0.680. The molecule has 0 bridgehead atoms. The lowest BCUT2D eigenvalue weighted by molar-refractivity contribution is 0.399. The molecule has 20 heavy (non-hydrogen) atoms. The fourth-order valence-corrected chi connectivity index (χ4v) is 5.21. The normalized spacial score (nSPS) is 19.8. The Morgan fingerprint density at radius 2 is 2.20 bits per heavy atom. The molecule has 0 radical (unpaired) electrons. The predicted molar refractivity (Wildman–Crippen MR) is 88.5 cm³/mol. The van der Waals surface area contributed by atoms with Gasteiger partial charge in [0.15, 0.2) is 0 Å². The highest BCUT2D eigenvalue weighted by Gasteiger charge is 2.28. The maximum Gasteiger partial charge on any atom is 0.0327 e. The molecule has 3 N–H and O–H groups in total. The van der Waals surface area contributed by atoms with E-state index in [1.807, 2.05) is 22.7 Å². The van der Waals surface area contributed by atoms with Crippen molar-refractivity contribution in [3.63, 3.8) is 0 Å². The van der Waals surface area contributed by atoms with Crippen LogP contribution in [-0.4, -0.2) is 6.04 Å². The van der Waals surface area contributed by atoms with Crippen molar-refractivity contribution in [2.45, 2.75) is 51.0 Å². The maximum atomic E-state index is 5.87. The van der Waals surface area contributed by atoms with E-state index in [1.54, 1.807) is 4.88 Å². The summed E-state index contributed by atoms with van der Waals surface area (Å²) in [6.45, 7) is 2.22. The van der Waals surface area contributed by atoms with E-state index in [9.17, 15) is 0 Å². The summed E-state index contributed by atoms with van der Waals surface area (Å²) in [4.78, 5) is 4.49. The van der Waals surface area contributed by atoms with Crippen molar-refractivity contribution in [3.8, 4) is 0 Å². The third kappa shape index (κ3) is 2.84. The van der Waals surface area contributed by atoms with Crippen LogP contribution in [0.1, 0.15) is 45.9 Å². The number of hydrogen-bond donors (Lipinski definition) is 2. The van der Waals surface area contributed by atoms with Crippen LogP contribution in [0.5, 0.6) is 0 Å². The molecule has 0 aromatic carbocycles. The van der Waals surface area contributed by atoms with Crippen LogP contribution in [-0.2, 0) is 19.3 Å². The molecule has 108 valence electrons. The van der Waals surface area contributed by atoms with Gasteiger partial charge in [0.05, 0.1) is 0 Å². The van der Waals surface area contributed by atoms with E-state index >= 15 is 0 Å². The molecule has 2 atom stereocenters. The average molecular weight is 306 g/mol. The molecule has 3 rings (SSSR count). The van der Waals surface area contributed by atoms with Crippen LogP contribution in [0.2, 0.25) is 0 Å². The highest BCUT2D eigenvalue weighted by atomic mass is 32.1. The summed E-state index contributed by atoms with van der Waals surface area (Å²) in [5.74, 6) is 6.45. The van der Waals surface area contributed by atoms with Crippen LogP contribution < -0.4 is 11.3 Å². The van der Waals surface area contributed by atoms with E-state index in [4.69, 9.17) is 5.84 Å². The quantitative estimate of drug-likeness (QED) is 0.650. The number of thiophene rings is 2. The van der Waals surface area contributed by atoms with E-state index < -0.39 is 0 Å². The molecule has 2 nitrogen and oxygen atoms in total. The van der Waals surface area contributed by atoms with E-state index in [0.29, 0.717) is 12.0 Å². The molecule has 1 aliphatic carbocycles. The van der Waals surface area contributed by atoms with E-state index in [-0.39, 0.29) is 0 Å². The van der Waals surface area contributed by atoms with Gasteiger partial charge in [-0.1, -0.05) is 6.92 Å². The number of rotatable bonds is 5. The Morgan fingerprint density at radius 1 is 1.35 bits per heavy atom. The van der Waals surface area contributed by atoms with Gasteiger partial charge in [-0.15, -0.1) is 22.7 Å². The van der Waals surface area contributed by atoms with Gasteiger partial charge in [-0.05, 0) is 61.2 Å². The topological polar surface area (TPSA) is 38.0 Å². The molecule has 2 aromatic heterocycles. The van der Waals surface area contributed by atoms with E-state index in [1.165, 1.54) is 34.6 Å². The van der Waals surface area contributed by atoms with Gasteiger partial charge < -0.3 is 0 Å². The Morgan fingerprint density at radius 3 is 2.95 bits per heavy atom. The lowest BCUT2D eigenvalue weighted by atomic mass is 9.81. The summed E-state index contributed by atoms with van der Waals surface area (Å²) >= 11 is 3.84. The van der Waals surface area contributed by atoms with Crippen LogP contribution in [0.3, 0.4) is 0 Å². The summed E-state index contributed by atoms with van der Waals surface area (Å²) < 4.78 is 0. The summed E-state index contributed by atoms with van der Waals surface area (Å²) in [5, 5.41) is 2.23. The molecule has 0 saturated heterocycles. The van der Waals surface area contributed by atoms with Crippen molar-refractivity contribution in [1.82, 2.24) is 5.43 Å². The Kier molecular flexibility index (Phi) is 4.56. The van der Waals surface area contributed by atoms with Crippen molar-refractivity contribution in [2.24, 2.45) is 5.84 Å². The van der Waals surface area contributed by atoms with Crippen LogP contribution in [0.15, 0.2) is 23.6 Å². The second-order valence-corrected chi connectivity index (χ2v) is 7.75. The van der Waals surface area contributed by atoms with Crippen LogP contribution >= 0.6 is 22.7 Å². The maximum absolute atomic E-state index is 5.87. The van der Waals surface area contributed by atoms with Gasteiger partial charge in [-0.25, -0.2) is 0 Å². The highest BCUT2D eigenvalue weighted by Crippen LogP contribution is 2.38. The first-order valence-corrected chi connectivity index (χ1v) is 9.11. The largest absolute Gasteiger partial charge is 0.271 e. The van der Waals surface area contributed by atoms with Crippen molar-refractivity contribution < 1.29 is 0 Å². The minimum atomic E-state index is 0.354. The molecule has 2 heterocycles. The van der Waals surface area contributed by atoms with Crippen LogP contribution in [0.4, 0.5) is 0 Å². The second kappa shape index (κ2) is 6.39. The summed E-state index contributed by atoms with van der Waals surface area (Å²) in [6, 6.07) is 7.18. The first-order valence-electron chi connectivity index (χ1n) is 7.41. The first-order chi connectivity index (χ1) is 9.81. The van der Waals surface area contributed by atoms with Crippen molar-refractivity contribution in [2.75, 3.05) is 0 Å². The fraction of sp³-hybridized carbons (Fsp3) is 0.500. The van der Waals surface area contributed by atoms with Gasteiger partial charge in [0, 0.05) is 26.6 Å². The number of nitrogens with one attached hydrogen (secondary N) is 1. The van der Waals surface area contributed by atoms with Gasteiger partial charge >= 0.3 is 0 Å². The minimum Gasteiger partial charge on any atom is -0.271 e. The number of hydrogen-bond acceptors (Lipinski definition) is 4. The molecule has 0 amide bonds. The third-order valence-electron chi connectivity index (χ3n) is 4.28.